The molecule has 0 aliphatic heterocycles. The molecule has 0 fully saturated rings. The Kier molecular flexibility index (Phi) is 4.37. The summed E-state index contributed by atoms with van der Waals surface area (Å²) in [7, 11) is -3.81. The van der Waals surface area contributed by atoms with E-state index in [1.807, 2.05) is 6.92 Å². The number of rotatable bonds is 3. The van der Waals surface area contributed by atoms with Gasteiger partial charge in [-0.15, -0.1) is 0 Å². The van der Waals surface area contributed by atoms with Gasteiger partial charge in [0, 0.05) is 10.7 Å². The number of nitrogen functional groups attached to an aromatic ring is 1. The van der Waals surface area contributed by atoms with E-state index in [0.29, 0.717) is 27.0 Å². The first-order chi connectivity index (χ1) is 9.70. The molecule has 0 bridgehead atoms. The molecule has 0 heterocycles. The molecule has 0 saturated heterocycles. The number of hydrogen-bond donors (Lipinski definition) is 2. The van der Waals surface area contributed by atoms with Crippen LogP contribution < -0.4 is 10.5 Å². The molecule has 2 aromatic rings. The maximum atomic E-state index is 12.4. The summed E-state index contributed by atoms with van der Waals surface area (Å²) in [6.07, 6.45) is 0. The third-order valence-electron chi connectivity index (χ3n) is 3.04. The Bertz CT molecular complexity index is 782. The minimum absolute atomic E-state index is 0.00718. The van der Waals surface area contributed by atoms with E-state index in [0.717, 1.165) is 5.56 Å². The van der Waals surface area contributed by atoms with Crippen LogP contribution >= 0.6 is 23.2 Å². The molecule has 2 aromatic carbocycles. The molecule has 2 rings (SSSR count). The maximum absolute atomic E-state index is 12.4. The van der Waals surface area contributed by atoms with Gasteiger partial charge in [0.2, 0.25) is 0 Å². The van der Waals surface area contributed by atoms with Gasteiger partial charge >= 0.3 is 0 Å². The smallest absolute Gasteiger partial charge is 0.262 e. The molecule has 0 amide bonds. The number of sulfonamides is 1. The molecule has 0 spiro atoms. The van der Waals surface area contributed by atoms with Crippen LogP contribution in [-0.4, -0.2) is 8.42 Å². The van der Waals surface area contributed by atoms with Gasteiger partial charge < -0.3 is 5.73 Å². The first-order valence-corrected chi connectivity index (χ1v) is 8.29. The SMILES string of the molecule is Cc1ccc(NS(=O)(=O)c2cc(N)c(C)c(Cl)c2)c(Cl)c1. The van der Waals surface area contributed by atoms with E-state index in [-0.39, 0.29) is 4.90 Å². The van der Waals surface area contributed by atoms with Crippen molar-refractivity contribution in [3.63, 3.8) is 0 Å². The summed E-state index contributed by atoms with van der Waals surface area (Å²) < 4.78 is 27.2. The van der Waals surface area contributed by atoms with Gasteiger partial charge in [-0.2, -0.15) is 0 Å². The summed E-state index contributed by atoms with van der Waals surface area (Å²) in [6.45, 7) is 3.59. The number of halogens is 2. The van der Waals surface area contributed by atoms with Gasteiger partial charge in [0.1, 0.15) is 0 Å². The Hall–Kier alpha value is -1.43. The highest BCUT2D eigenvalue weighted by molar-refractivity contribution is 7.92. The van der Waals surface area contributed by atoms with E-state index in [4.69, 9.17) is 28.9 Å². The van der Waals surface area contributed by atoms with Crippen molar-refractivity contribution in [1.82, 2.24) is 0 Å². The van der Waals surface area contributed by atoms with Crippen molar-refractivity contribution in [1.29, 1.82) is 0 Å². The van der Waals surface area contributed by atoms with Crippen molar-refractivity contribution < 1.29 is 8.42 Å². The Balaban J connectivity index is 2.43. The molecule has 3 N–H and O–H groups in total. The number of nitrogens with one attached hydrogen (secondary N) is 1. The Morgan fingerprint density at radius 3 is 2.29 bits per heavy atom. The third kappa shape index (κ3) is 3.43. The normalized spacial score (nSPS) is 11.4. The molecule has 0 saturated carbocycles. The van der Waals surface area contributed by atoms with Crippen molar-refractivity contribution in [2.75, 3.05) is 10.5 Å². The van der Waals surface area contributed by atoms with E-state index >= 15 is 0 Å². The molecule has 0 atom stereocenters. The highest BCUT2D eigenvalue weighted by atomic mass is 35.5. The van der Waals surface area contributed by atoms with Crippen molar-refractivity contribution >= 4 is 44.6 Å². The van der Waals surface area contributed by atoms with E-state index < -0.39 is 10.0 Å². The molecule has 112 valence electrons. The van der Waals surface area contributed by atoms with Crippen LogP contribution in [0.1, 0.15) is 11.1 Å². The lowest BCUT2D eigenvalue weighted by molar-refractivity contribution is 0.601. The van der Waals surface area contributed by atoms with Gasteiger partial charge in [-0.3, -0.25) is 4.72 Å². The average molecular weight is 345 g/mol. The molecular weight excluding hydrogens is 331 g/mol. The highest BCUT2D eigenvalue weighted by Gasteiger charge is 2.18. The predicted octanol–water partition coefficient (Wildman–Crippen LogP) is 3.99. The first-order valence-electron chi connectivity index (χ1n) is 6.05. The van der Waals surface area contributed by atoms with Gasteiger partial charge in [-0.1, -0.05) is 29.3 Å². The summed E-state index contributed by atoms with van der Waals surface area (Å²) in [5.41, 5.74) is 7.96. The fraction of sp³-hybridized carbons (Fsp3) is 0.143. The molecule has 0 aliphatic rings. The van der Waals surface area contributed by atoms with Crippen LogP contribution in [-0.2, 0) is 10.0 Å². The van der Waals surface area contributed by atoms with Crippen molar-refractivity contribution in [3.05, 3.63) is 51.5 Å². The van der Waals surface area contributed by atoms with Crippen LogP contribution in [0.4, 0.5) is 11.4 Å². The first kappa shape index (κ1) is 15.9. The molecule has 0 aromatic heterocycles. The zero-order chi connectivity index (χ0) is 15.8. The van der Waals surface area contributed by atoms with Crippen molar-refractivity contribution in [2.24, 2.45) is 0 Å². The second-order valence-corrected chi connectivity index (χ2v) is 7.20. The zero-order valence-electron chi connectivity index (χ0n) is 11.4. The van der Waals surface area contributed by atoms with Gasteiger partial charge in [-0.05, 0) is 49.2 Å². The zero-order valence-corrected chi connectivity index (χ0v) is 13.8. The second kappa shape index (κ2) is 5.75. The molecule has 7 heteroatoms. The summed E-state index contributed by atoms with van der Waals surface area (Å²) in [4.78, 5) is -0.00718. The maximum Gasteiger partial charge on any atom is 0.262 e. The topological polar surface area (TPSA) is 72.2 Å². The predicted molar refractivity (Wildman–Crippen MR) is 87.6 cm³/mol. The number of nitrogens with two attached hydrogens (primary N) is 1. The second-order valence-electron chi connectivity index (χ2n) is 4.71. The van der Waals surface area contributed by atoms with E-state index in [2.05, 4.69) is 4.72 Å². The van der Waals surface area contributed by atoms with Crippen LogP contribution in [0.2, 0.25) is 10.0 Å². The lowest BCUT2D eigenvalue weighted by atomic mass is 10.2. The van der Waals surface area contributed by atoms with Crippen LogP contribution in [0.3, 0.4) is 0 Å². The van der Waals surface area contributed by atoms with E-state index in [1.54, 1.807) is 25.1 Å². The number of aryl methyl sites for hydroxylation is 1. The van der Waals surface area contributed by atoms with Crippen LogP contribution in [0, 0.1) is 13.8 Å². The molecule has 0 unspecified atom stereocenters. The van der Waals surface area contributed by atoms with Crippen LogP contribution in [0.25, 0.3) is 0 Å². The van der Waals surface area contributed by atoms with Gasteiger partial charge in [-0.25, -0.2) is 8.42 Å². The standard InChI is InChI=1S/C14H14Cl2N2O2S/c1-8-3-4-14(12(16)5-8)18-21(19,20)10-6-11(15)9(2)13(17)7-10/h3-7,18H,17H2,1-2H3. The number of anilines is 2. The molecular formula is C14H14Cl2N2O2S. The molecule has 0 radical (unpaired) electrons. The van der Waals surface area contributed by atoms with E-state index in [9.17, 15) is 8.42 Å². The Morgan fingerprint density at radius 2 is 1.71 bits per heavy atom. The molecule has 0 aliphatic carbocycles. The number of hydrogen-bond acceptors (Lipinski definition) is 3. The molecule has 4 nitrogen and oxygen atoms in total. The fourth-order valence-corrected chi connectivity index (χ4v) is 3.51. The highest BCUT2D eigenvalue weighted by Crippen LogP contribution is 2.29. The van der Waals surface area contributed by atoms with Crippen LogP contribution in [0.15, 0.2) is 35.2 Å². The minimum Gasteiger partial charge on any atom is -0.398 e. The summed E-state index contributed by atoms with van der Waals surface area (Å²) in [6, 6.07) is 7.77. The monoisotopic (exact) mass is 344 g/mol. The largest absolute Gasteiger partial charge is 0.398 e. The summed E-state index contributed by atoms with van der Waals surface area (Å²) in [5.74, 6) is 0. The van der Waals surface area contributed by atoms with Crippen molar-refractivity contribution in [2.45, 2.75) is 18.7 Å². The average Bonchev–Trinajstić information content (AvgIpc) is 2.38. The van der Waals surface area contributed by atoms with Crippen molar-refractivity contribution in [3.8, 4) is 0 Å². The minimum atomic E-state index is -3.81. The van der Waals surface area contributed by atoms with Gasteiger partial charge in [0.05, 0.1) is 15.6 Å². The lowest BCUT2D eigenvalue weighted by Crippen LogP contribution is -2.14. The Labute approximate surface area is 133 Å². The quantitative estimate of drug-likeness (QED) is 0.826. The summed E-state index contributed by atoms with van der Waals surface area (Å²) >= 11 is 12.0. The number of benzene rings is 2. The lowest BCUT2D eigenvalue weighted by Gasteiger charge is -2.12. The van der Waals surface area contributed by atoms with Crippen LogP contribution in [0.5, 0.6) is 0 Å². The van der Waals surface area contributed by atoms with Gasteiger partial charge in [0.25, 0.3) is 10.0 Å². The van der Waals surface area contributed by atoms with Gasteiger partial charge in [0.15, 0.2) is 0 Å². The van der Waals surface area contributed by atoms with E-state index in [1.165, 1.54) is 12.1 Å². The Morgan fingerprint density at radius 1 is 1.05 bits per heavy atom. The third-order valence-corrected chi connectivity index (χ3v) is 5.09. The molecule has 21 heavy (non-hydrogen) atoms. The fourth-order valence-electron chi connectivity index (χ4n) is 1.74. The summed E-state index contributed by atoms with van der Waals surface area (Å²) in [5, 5.41) is 0.620.